The van der Waals surface area contributed by atoms with Gasteiger partial charge >= 0.3 is 11.9 Å². The molecule has 2 unspecified atom stereocenters. The lowest BCUT2D eigenvalue weighted by Crippen LogP contribution is -2.53. The summed E-state index contributed by atoms with van der Waals surface area (Å²) in [5.74, 6) is -0.254. The summed E-state index contributed by atoms with van der Waals surface area (Å²) >= 11 is 0. The highest BCUT2D eigenvalue weighted by molar-refractivity contribution is 5.58. The zero-order valence-corrected chi connectivity index (χ0v) is 15.9. The van der Waals surface area contributed by atoms with Crippen molar-refractivity contribution in [1.82, 2.24) is 5.32 Å². The Hall–Kier alpha value is -2.65. The maximum Gasteiger partial charge on any atom is 0.416 e. The quantitative estimate of drug-likeness (QED) is 0.575. The van der Waals surface area contributed by atoms with Crippen molar-refractivity contribution in [3.8, 4) is 5.75 Å². The van der Waals surface area contributed by atoms with E-state index in [1.54, 1.807) is 0 Å². The van der Waals surface area contributed by atoms with Crippen LogP contribution in [0.3, 0.4) is 0 Å². The summed E-state index contributed by atoms with van der Waals surface area (Å²) in [6, 6.07) is 9.74. The first-order valence-electron chi connectivity index (χ1n) is 9.04. The molecule has 2 aromatic rings. The van der Waals surface area contributed by atoms with Crippen LogP contribution in [0.4, 0.5) is 18.9 Å². The number of nitrogens with one attached hydrogen (secondary N) is 1. The Morgan fingerprint density at radius 3 is 2.48 bits per heavy atom. The monoisotopic (exact) mass is 410 g/mol. The molecule has 0 aromatic heterocycles. The van der Waals surface area contributed by atoms with Gasteiger partial charge in [0.05, 0.1) is 16.5 Å². The van der Waals surface area contributed by atoms with Gasteiger partial charge in [-0.25, -0.2) is 0 Å². The molecular weight excluding hydrogens is 389 g/mol. The minimum atomic E-state index is -4.77. The third-order valence-electron chi connectivity index (χ3n) is 4.97. The number of halogens is 3. The number of nitrogens with zero attached hydrogens (tertiary/aromatic N) is 1. The first kappa shape index (κ1) is 21.1. The summed E-state index contributed by atoms with van der Waals surface area (Å²) in [5.41, 5.74) is -2.23. The SMILES string of the molecule is CC1(C)Oc2c(cc(C(F)(F)F)cc2[N+](=O)[O-])C(NCCc2ccccc2)C1O. The molecule has 0 saturated heterocycles. The lowest BCUT2D eigenvalue weighted by Gasteiger charge is -2.42. The number of benzene rings is 2. The molecule has 9 heteroatoms. The second-order valence-electron chi connectivity index (χ2n) is 7.49. The number of aliphatic hydroxyl groups is 1. The molecule has 0 fully saturated rings. The fourth-order valence-electron chi connectivity index (χ4n) is 3.41. The van der Waals surface area contributed by atoms with E-state index in [9.17, 15) is 28.4 Å². The van der Waals surface area contributed by atoms with Gasteiger partial charge in [-0.1, -0.05) is 30.3 Å². The van der Waals surface area contributed by atoms with Crippen LogP contribution in [0.15, 0.2) is 42.5 Å². The maximum absolute atomic E-state index is 13.3. The summed E-state index contributed by atoms with van der Waals surface area (Å²) in [4.78, 5) is 10.5. The van der Waals surface area contributed by atoms with E-state index in [1.165, 1.54) is 13.8 Å². The smallest absolute Gasteiger partial charge is 0.416 e. The molecule has 0 spiro atoms. The number of hydrogen-bond acceptors (Lipinski definition) is 5. The number of aliphatic hydroxyl groups excluding tert-OH is 1. The fraction of sp³-hybridized carbons (Fsp3) is 0.400. The van der Waals surface area contributed by atoms with Crippen molar-refractivity contribution < 1.29 is 27.9 Å². The van der Waals surface area contributed by atoms with E-state index in [4.69, 9.17) is 4.74 Å². The van der Waals surface area contributed by atoms with Crippen molar-refractivity contribution in [1.29, 1.82) is 0 Å². The third-order valence-corrected chi connectivity index (χ3v) is 4.97. The molecule has 1 heterocycles. The van der Waals surface area contributed by atoms with Gasteiger partial charge < -0.3 is 15.2 Å². The normalized spacial score (nSPS) is 20.6. The standard InChI is InChI=1S/C20H21F3N2O4/c1-19(2)18(26)16(24-9-8-12-6-4-3-5-7-12)14-10-13(20(21,22)23)11-15(25(27)28)17(14)29-19/h3-7,10-11,16,18,24,26H,8-9H2,1-2H3. The molecule has 1 aliphatic heterocycles. The molecule has 1 aliphatic rings. The molecule has 6 nitrogen and oxygen atoms in total. The molecule has 156 valence electrons. The first-order valence-corrected chi connectivity index (χ1v) is 9.04. The minimum absolute atomic E-state index is 0.0774. The van der Waals surface area contributed by atoms with Crippen LogP contribution in [0.2, 0.25) is 0 Å². The van der Waals surface area contributed by atoms with Crippen LogP contribution >= 0.6 is 0 Å². The average Bonchev–Trinajstić information content (AvgIpc) is 2.64. The summed E-state index contributed by atoms with van der Waals surface area (Å²) in [6.45, 7) is 3.42. The van der Waals surface area contributed by atoms with Crippen molar-refractivity contribution >= 4 is 5.69 Å². The highest BCUT2D eigenvalue weighted by Gasteiger charge is 2.47. The van der Waals surface area contributed by atoms with Crippen LogP contribution in [0.25, 0.3) is 0 Å². The largest absolute Gasteiger partial charge is 0.478 e. The van der Waals surface area contributed by atoms with Crippen molar-refractivity contribution in [2.45, 2.75) is 44.2 Å². The van der Waals surface area contributed by atoms with Crippen molar-refractivity contribution in [2.75, 3.05) is 6.54 Å². The summed E-state index contributed by atoms with van der Waals surface area (Å²) in [5, 5.41) is 25.2. The Morgan fingerprint density at radius 2 is 1.90 bits per heavy atom. The second kappa shape index (κ2) is 7.64. The molecule has 2 atom stereocenters. The predicted molar refractivity (Wildman–Crippen MR) is 99.7 cm³/mol. The Labute approximate surface area is 165 Å². The van der Waals surface area contributed by atoms with Crippen LogP contribution in [0.5, 0.6) is 5.75 Å². The van der Waals surface area contributed by atoms with Gasteiger partial charge in [0.1, 0.15) is 11.7 Å². The topological polar surface area (TPSA) is 84.6 Å². The third kappa shape index (κ3) is 4.35. The number of hydrogen-bond donors (Lipinski definition) is 2. The average molecular weight is 410 g/mol. The number of fused-ring (bicyclic) bond motifs is 1. The maximum atomic E-state index is 13.3. The highest BCUT2D eigenvalue weighted by atomic mass is 19.4. The molecule has 0 saturated carbocycles. The van der Waals surface area contributed by atoms with E-state index in [0.29, 0.717) is 19.0 Å². The van der Waals surface area contributed by atoms with Gasteiger partial charge in [-0.05, 0) is 38.4 Å². The van der Waals surface area contributed by atoms with E-state index in [0.717, 1.165) is 11.6 Å². The molecule has 3 rings (SSSR count). The Kier molecular flexibility index (Phi) is 5.55. The summed E-state index contributed by atoms with van der Waals surface area (Å²) in [6.07, 6.45) is -5.41. The zero-order chi connectivity index (χ0) is 21.4. The first-order chi connectivity index (χ1) is 13.5. The van der Waals surface area contributed by atoms with Crippen LogP contribution in [0.1, 0.15) is 36.6 Å². The molecule has 2 aromatic carbocycles. The van der Waals surface area contributed by atoms with Crippen LogP contribution < -0.4 is 10.1 Å². The van der Waals surface area contributed by atoms with Gasteiger partial charge in [0, 0.05) is 11.6 Å². The zero-order valence-electron chi connectivity index (χ0n) is 15.9. The molecule has 0 radical (unpaired) electrons. The fourth-order valence-corrected chi connectivity index (χ4v) is 3.41. The molecule has 29 heavy (non-hydrogen) atoms. The van der Waals surface area contributed by atoms with Gasteiger partial charge in [-0.2, -0.15) is 13.2 Å². The summed E-state index contributed by atoms with van der Waals surface area (Å²) < 4.78 is 45.5. The van der Waals surface area contributed by atoms with E-state index in [2.05, 4.69) is 5.32 Å². The van der Waals surface area contributed by atoms with Gasteiger partial charge in [0.2, 0.25) is 5.75 Å². The van der Waals surface area contributed by atoms with Crippen molar-refractivity contribution in [3.05, 3.63) is 69.3 Å². The minimum Gasteiger partial charge on any atom is -0.478 e. The molecule has 0 aliphatic carbocycles. The van der Waals surface area contributed by atoms with E-state index in [-0.39, 0.29) is 11.3 Å². The molecule has 0 bridgehead atoms. The Bertz CT molecular complexity index is 901. The van der Waals surface area contributed by atoms with Crippen LogP contribution in [-0.4, -0.2) is 28.3 Å². The van der Waals surface area contributed by atoms with E-state index in [1.807, 2.05) is 30.3 Å². The molecule has 0 amide bonds. The Balaban J connectivity index is 2.00. The second-order valence-corrected chi connectivity index (χ2v) is 7.49. The van der Waals surface area contributed by atoms with Crippen LogP contribution in [-0.2, 0) is 12.6 Å². The lowest BCUT2D eigenvalue weighted by molar-refractivity contribution is -0.386. The number of alkyl halides is 3. The van der Waals surface area contributed by atoms with Crippen molar-refractivity contribution in [3.63, 3.8) is 0 Å². The Morgan fingerprint density at radius 1 is 1.24 bits per heavy atom. The molecule has 2 N–H and O–H groups in total. The van der Waals surface area contributed by atoms with Crippen molar-refractivity contribution in [2.24, 2.45) is 0 Å². The van der Waals surface area contributed by atoms with E-state index < -0.39 is 40.1 Å². The predicted octanol–water partition coefficient (Wildman–Crippen LogP) is 4.02. The number of nitro benzene ring substituents is 1. The molecular formula is C20H21F3N2O4. The van der Waals surface area contributed by atoms with Gasteiger partial charge in [0.15, 0.2) is 0 Å². The lowest BCUT2D eigenvalue weighted by atomic mass is 9.85. The number of ether oxygens (including phenoxy) is 1. The van der Waals surface area contributed by atoms with Gasteiger partial charge in [0.25, 0.3) is 0 Å². The number of nitro groups is 1. The van der Waals surface area contributed by atoms with Crippen LogP contribution in [0, 0.1) is 10.1 Å². The highest BCUT2D eigenvalue weighted by Crippen LogP contribution is 2.47. The van der Waals surface area contributed by atoms with E-state index >= 15 is 0 Å². The number of rotatable bonds is 5. The van der Waals surface area contributed by atoms with Gasteiger partial charge in [-0.15, -0.1) is 0 Å². The summed E-state index contributed by atoms with van der Waals surface area (Å²) in [7, 11) is 0. The van der Waals surface area contributed by atoms with Gasteiger partial charge in [-0.3, -0.25) is 10.1 Å².